The molecule has 0 N–H and O–H groups in total. The van der Waals surface area contributed by atoms with Crippen molar-refractivity contribution in [3.8, 4) is 22.6 Å². The van der Waals surface area contributed by atoms with E-state index in [-0.39, 0.29) is 21.3 Å². The van der Waals surface area contributed by atoms with Crippen LogP contribution in [0.2, 0.25) is 10.0 Å². The Hall–Kier alpha value is -2.56. The van der Waals surface area contributed by atoms with Crippen LogP contribution in [0.1, 0.15) is 0 Å². The Kier molecular flexibility index (Phi) is 4.69. The Bertz CT molecular complexity index is 898. The van der Waals surface area contributed by atoms with E-state index in [9.17, 15) is 10.1 Å². The lowest BCUT2D eigenvalue weighted by molar-refractivity contribution is -0.384. The molecule has 0 aliphatic carbocycles. The Labute approximate surface area is 148 Å². The summed E-state index contributed by atoms with van der Waals surface area (Å²) in [6, 6.07) is 19.8. The highest BCUT2D eigenvalue weighted by atomic mass is 35.5. The number of hydrogen-bond donors (Lipinski definition) is 0. The lowest BCUT2D eigenvalue weighted by atomic mass is 10.0. The SMILES string of the molecule is O=[N+]([O-])c1ccc(Cl)c(Cl)c1-c1cc[c]c(Oc2ccccc2)c1. The normalized spacial score (nSPS) is 10.4. The Morgan fingerprint density at radius 3 is 2.50 bits per heavy atom. The summed E-state index contributed by atoms with van der Waals surface area (Å²) in [4.78, 5) is 10.8. The van der Waals surface area contributed by atoms with Crippen molar-refractivity contribution in [2.24, 2.45) is 0 Å². The molecule has 119 valence electrons. The second kappa shape index (κ2) is 6.91. The minimum Gasteiger partial charge on any atom is -0.457 e. The predicted molar refractivity (Wildman–Crippen MR) is 93.9 cm³/mol. The molecule has 1 radical (unpaired) electrons. The summed E-state index contributed by atoms with van der Waals surface area (Å²) in [5.74, 6) is 1.06. The molecule has 4 nitrogen and oxygen atoms in total. The van der Waals surface area contributed by atoms with Gasteiger partial charge in [0.05, 0.1) is 20.5 Å². The van der Waals surface area contributed by atoms with Crippen LogP contribution in [0.3, 0.4) is 0 Å². The molecule has 0 spiro atoms. The van der Waals surface area contributed by atoms with Crippen molar-refractivity contribution in [2.45, 2.75) is 0 Å². The fourth-order valence-corrected chi connectivity index (χ4v) is 2.67. The smallest absolute Gasteiger partial charge is 0.278 e. The predicted octanol–water partition coefficient (Wildman–Crippen LogP) is 6.16. The van der Waals surface area contributed by atoms with Gasteiger partial charge in [0.2, 0.25) is 0 Å². The highest BCUT2D eigenvalue weighted by Gasteiger charge is 2.21. The molecule has 0 amide bonds. The van der Waals surface area contributed by atoms with E-state index in [4.69, 9.17) is 27.9 Å². The van der Waals surface area contributed by atoms with E-state index < -0.39 is 4.92 Å². The Balaban J connectivity index is 2.06. The summed E-state index contributed by atoms with van der Waals surface area (Å²) in [6.07, 6.45) is 0. The number of rotatable bonds is 4. The summed E-state index contributed by atoms with van der Waals surface area (Å²) >= 11 is 12.2. The number of hydrogen-bond acceptors (Lipinski definition) is 3. The van der Waals surface area contributed by atoms with Gasteiger partial charge in [0, 0.05) is 12.1 Å². The topological polar surface area (TPSA) is 52.4 Å². The van der Waals surface area contributed by atoms with Crippen molar-refractivity contribution < 1.29 is 9.66 Å². The third-order valence-electron chi connectivity index (χ3n) is 3.30. The van der Waals surface area contributed by atoms with E-state index in [0.717, 1.165) is 0 Å². The van der Waals surface area contributed by atoms with E-state index in [1.807, 2.05) is 18.2 Å². The van der Waals surface area contributed by atoms with Crippen LogP contribution in [0.5, 0.6) is 11.5 Å². The van der Waals surface area contributed by atoms with Gasteiger partial charge in [0.25, 0.3) is 5.69 Å². The minimum absolute atomic E-state index is 0.124. The second-order valence-electron chi connectivity index (χ2n) is 4.87. The van der Waals surface area contributed by atoms with Crippen molar-refractivity contribution >= 4 is 28.9 Å². The number of benzene rings is 3. The summed E-state index contributed by atoms with van der Waals surface area (Å²) in [5.41, 5.74) is 0.654. The van der Waals surface area contributed by atoms with Gasteiger partial charge in [-0.1, -0.05) is 47.5 Å². The van der Waals surface area contributed by atoms with Gasteiger partial charge in [-0.3, -0.25) is 10.1 Å². The van der Waals surface area contributed by atoms with Crippen LogP contribution in [0.25, 0.3) is 11.1 Å². The number of ether oxygens (including phenoxy) is 1. The monoisotopic (exact) mass is 358 g/mol. The Morgan fingerprint density at radius 1 is 1.04 bits per heavy atom. The van der Waals surface area contributed by atoms with Crippen molar-refractivity contribution in [1.29, 1.82) is 0 Å². The molecule has 0 fully saturated rings. The largest absolute Gasteiger partial charge is 0.457 e. The quantitative estimate of drug-likeness (QED) is 0.414. The molecular weight excluding hydrogens is 349 g/mol. The Morgan fingerprint density at radius 2 is 1.79 bits per heavy atom. The highest BCUT2D eigenvalue weighted by molar-refractivity contribution is 6.44. The standard InChI is InChI=1S/C18H10Cl2NO3/c19-15-9-10-16(21(22)23)17(18(15)20)12-5-4-8-14(11-12)24-13-6-2-1-3-7-13/h1-7,9-11H. The summed E-state index contributed by atoms with van der Waals surface area (Å²) in [5, 5.41) is 11.7. The maximum atomic E-state index is 11.3. The van der Waals surface area contributed by atoms with Crippen LogP contribution in [0.15, 0.2) is 60.7 Å². The zero-order valence-electron chi connectivity index (χ0n) is 12.2. The molecule has 0 aromatic heterocycles. The molecule has 0 aliphatic heterocycles. The van der Waals surface area contributed by atoms with Crippen LogP contribution < -0.4 is 4.74 Å². The highest BCUT2D eigenvalue weighted by Crippen LogP contribution is 2.41. The van der Waals surface area contributed by atoms with Gasteiger partial charge < -0.3 is 4.74 Å². The van der Waals surface area contributed by atoms with Crippen molar-refractivity contribution in [3.63, 3.8) is 0 Å². The maximum Gasteiger partial charge on any atom is 0.278 e. The molecule has 3 aromatic carbocycles. The van der Waals surface area contributed by atoms with E-state index in [2.05, 4.69) is 6.07 Å². The van der Waals surface area contributed by atoms with Gasteiger partial charge in [0.15, 0.2) is 0 Å². The molecule has 6 heteroatoms. The van der Waals surface area contributed by atoms with Crippen LogP contribution in [-0.4, -0.2) is 4.92 Å². The zero-order valence-corrected chi connectivity index (χ0v) is 13.7. The van der Waals surface area contributed by atoms with E-state index in [1.165, 1.54) is 12.1 Å². The molecule has 3 aromatic rings. The number of nitro groups is 1. The van der Waals surface area contributed by atoms with Gasteiger partial charge in [-0.2, -0.15) is 0 Å². The van der Waals surface area contributed by atoms with Crippen molar-refractivity contribution in [3.05, 3.63) is 86.9 Å². The first-order valence-corrected chi connectivity index (χ1v) is 7.69. The van der Waals surface area contributed by atoms with Crippen molar-refractivity contribution in [2.75, 3.05) is 0 Å². The lowest BCUT2D eigenvalue weighted by Gasteiger charge is -2.10. The van der Waals surface area contributed by atoms with Crippen LogP contribution in [-0.2, 0) is 0 Å². The number of para-hydroxylation sites is 1. The molecule has 3 rings (SSSR count). The van der Waals surface area contributed by atoms with Crippen LogP contribution >= 0.6 is 23.2 Å². The van der Waals surface area contributed by atoms with E-state index in [0.29, 0.717) is 17.1 Å². The van der Waals surface area contributed by atoms with Crippen LogP contribution in [0, 0.1) is 16.2 Å². The van der Waals surface area contributed by atoms with Crippen molar-refractivity contribution in [1.82, 2.24) is 0 Å². The molecule has 0 atom stereocenters. The number of nitrogens with zero attached hydrogens (tertiary/aromatic N) is 1. The zero-order chi connectivity index (χ0) is 17.1. The van der Waals surface area contributed by atoms with Gasteiger partial charge in [0.1, 0.15) is 11.5 Å². The summed E-state index contributed by atoms with van der Waals surface area (Å²) < 4.78 is 5.71. The van der Waals surface area contributed by atoms with Crippen LogP contribution in [0.4, 0.5) is 5.69 Å². The summed E-state index contributed by atoms with van der Waals surface area (Å²) in [7, 11) is 0. The molecule has 0 saturated carbocycles. The number of nitro benzene ring substituents is 1. The lowest BCUT2D eigenvalue weighted by Crippen LogP contribution is -1.94. The van der Waals surface area contributed by atoms with E-state index in [1.54, 1.807) is 30.3 Å². The third kappa shape index (κ3) is 3.35. The molecule has 0 unspecified atom stereocenters. The first-order valence-electron chi connectivity index (χ1n) is 6.93. The summed E-state index contributed by atoms with van der Waals surface area (Å²) in [6.45, 7) is 0. The second-order valence-corrected chi connectivity index (χ2v) is 5.65. The van der Waals surface area contributed by atoms with Gasteiger partial charge in [-0.15, -0.1) is 0 Å². The molecular formula is C18H10Cl2NO3. The average molecular weight is 359 g/mol. The fourth-order valence-electron chi connectivity index (χ4n) is 2.24. The first-order chi connectivity index (χ1) is 11.6. The maximum absolute atomic E-state index is 11.3. The third-order valence-corrected chi connectivity index (χ3v) is 4.11. The molecule has 0 aliphatic rings. The average Bonchev–Trinajstić information content (AvgIpc) is 2.58. The van der Waals surface area contributed by atoms with Gasteiger partial charge in [-0.05, 0) is 35.9 Å². The molecule has 0 saturated heterocycles. The first kappa shape index (κ1) is 16.3. The fraction of sp³-hybridized carbons (Fsp3) is 0. The molecule has 24 heavy (non-hydrogen) atoms. The van der Waals surface area contributed by atoms with E-state index >= 15 is 0 Å². The minimum atomic E-state index is -0.494. The number of halogens is 2. The van der Waals surface area contributed by atoms with Gasteiger partial charge in [-0.25, -0.2) is 0 Å². The molecule has 0 heterocycles. The molecule has 0 bridgehead atoms. The van der Waals surface area contributed by atoms with Gasteiger partial charge >= 0.3 is 0 Å².